The van der Waals surface area contributed by atoms with Gasteiger partial charge >= 0.3 is 6.03 Å². The zero-order valence-corrected chi connectivity index (χ0v) is 12.9. The minimum atomic E-state index is -0.657. The van der Waals surface area contributed by atoms with Gasteiger partial charge in [-0.2, -0.15) is 0 Å². The summed E-state index contributed by atoms with van der Waals surface area (Å²) in [6.45, 7) is 2.03. The average Bonchev–Trinajstić information content (AvgIpc) is 2.26. The number of halogens is 2. The Labute approximate surface area is 128 Å². The molecule has 1 atom stereocenters. The molecule has 0 radical (unpaired) electrons. The van der Waals surface area contributed by atoms with Gasteiger partial charge in [-0.1, -0.05) is 23.2 Å². The van der Waals surface area contributed by atoms with Gasteiger partial charge in [0.15, 0.2) is 0 Å². The summed E-state index contributed by atoms with van der Waals surface area (Å²) in [5, 5.41) is 15.3. The van der Waals surface area contributed by atoms with Crippen LogP contribution >= 0.6 is 23.2 Å². The lowest BCUT2D eigenvalue weighted by molar-refractivity contribution is 0.104. The summed E-state index contributed by atoms with van der Waals surface area (Å²) in [5.41, 5.74) is -0.167. The van der Waals surface area contributed by atoms with Crippen LogP contribution in [0.4, 0.5) is 10.5 Å². The number of hydrogen-bond acceptors (Lipinski definition) is 3. The Hall–Kier alpha value is -1.01. The summed E-state index contributed by atoms with van der Waals surface area (Å²) in [6, 6.07) is 4.34. The van der Waals surface area contributed by atoms with Crippen molar-refractivity contribution in [2.75, 3.05) is 25.6 Å². The van der Waals surface area contributed by atoms with E-state index in [9.17, 15) is 4.79 Å². The number of benzene rings is 1. The van der Waals surface area contributed by atoms with E-state index in [2.05, 4.69) is 10.6 Å². The van der Waals surface area contributed by atoms with Crippen LogP contribution < -0.4 is 10.6 Å². The van der Waals surface area contributed by atoms with Crippen LogP contribution in [0.3, 0.4) is 0 Å². The maximum Gasteiger partial charge on any atom is 0.319 e. The van der Waals surface area contributed by atoms with Crippen molar-refractivity contribution < 1.29 is 14.6 Å². The average molecular weight is 321 g/mol. The van der Waals surface area contributed by atoms with Crippen molar-refractivity contribution in [2.45, 2.75) is 18.9 Å². The van der Waals surface area contributed by atoms with E-state index in [0.29, 0.717) is 22.2 Å². The van der Waals surface area contributed by atoms with Crippen molar-refractivity contribution >= 4 is 34.9 Å². The van der Waals surface area contributed by atoms with Gasteiger partial charge < -0.3 is 20.5 Å². The van der Waals surface area contributed by atoms with Crippen LogP contribution in [0.2, 0.25) is 10.0 Å². The number of amides is 2. The molecule has 20 heavy (non-hydrogen) atoms. The number of anilines is 1. The van der Waals surface area contributed by atoms with Crippen LogP contribution in [-0.2, 0) is 4.74 Å². The van der Waals surface area contributed by atoms with Gasteiger partial charge in [0.2, 0.25) is 0 Å². The smallest absolute Gasteiger partial charge is 0.319 e. The molecule has 0 heterocycles. The molecule has 0 aliphatic heterocycles. The molecule has 0 bridgehead atoms. The Bertz CT molecular complexity index is 443. The Kier molecular flexibility index (Phi) is 6.55. The Morgan fingerprint density at radius 3 is 2.45 bits per heavy atom. The third-order valence-corrected chi connectivity index (χ3v) is 3.10. The van der Waals surface area contributed by atoms with Crippen molar-refractivity contribution in [3.05, 3.63) is 28.2 Å². The number of urea groups is 1. The first-order valence-corrected chi connectivity index (χ1v) is 6.79. The molecule has 0 saturated heterocycles. The summed E-state index contributed by atoms with van der Waals surface area (Å²) >= 11 is 11.7. The van der Waals surface area contributed by atoms with E-state index in [1.54, 1.807) is 25.1 Å². The van der Waals surface area contributed by atoms with Gasteiger partial charge in [0.1, 0.15) is 0 Å². The highest BCUT2D eigenvalue weighted by Crippen LogP contribution is 2.22. The standard InChI is InChI=1S/C13H18Cl2N2O3/c1-13(3-4-18,8-20-2)17-12(19)16-11-6-9(14)5-10(15)7-11/h5-7,18H,3-4,8H2,1-2H3,(H2,16,17,19). The molecule has 7 heteroatoms. The van der Waals surface area contributed by atoms with Crippen LogP contribution in [0.1, 0.15) is 13.3 Å². The second-order valence-corrected chi connectivity index (χ2v) is 5.58. The number of hydrogen-bond donors (Lipinski definition) is 3. The molecule has 3 N–H and O–H groups in total. The second kappa shape index (κ2) is 7.69. The minimum Gasteiger partial charge on any atom is -0.396 e. The third kappa shape index (κ3) is 5.54. The highest BCUT2D eigenvalue weighted by molar-refractivity contribution is 6.35. The van der Waals surface area contributed by atoms with Gasteiger partial charge in [0.05, 0.1) is 12.1 Å². The topological polar surface area (TPSA) is 70.6 Å². The molecule has 0 aliphatic rings. The maximum absolute atomic E-state index is 12.0. The number of rotatable bonds is 6. The summed E-state index contributed by atoms with van der Waals surface area (Å²) < 4.78 is 5.05. The van der Waals surface area contributed by atoms with Crippen molar-refractivity contribution in [1.29, 1.82) is 0 Å². The Morgan fingerprint density at radius 2 is 1.95 bits per heavy atom. The first-order valence-electron chi connectivity index (χ1n) is 6.03. The fourth-order valence-electron chi connectivity index (χ4n) is 1.80. The molecule has 0 aromatic heterocycles. The van der Waals surface area contributed by atoms with Crippen LogP contribution in [0, 0.1) is 0 Å². The molecule has 1 rings (SSSR count). The van der Waals surface area contributed by atoms with Crippen molar-refractivity contribution in [3.8, 4) is 0 Å². The predicted molar refractivity (Wildman–Crippen MR) is 80.6 cm³/mol. The number of aliphatic hydroxyl groups is 1. The summed E-state index contributed by atoms with van der Waals surface area (Å²) in [6.07, 6.45) is 0.380. The van der Waals surface area contributed by atoms with Crippen LogP contribution in [0.15, 0.2) is 18.2 Å². The first kappa shape index (κ1) is 17.0. The van der Waals surface area contributed by atoms with E-state index in [1.165, 1.54) is 7.11 Å². The molecule has 1 unspecified atom stereocenters. The van der Waals surface area contributed by atoms with Crippen LogP contribution in [-0.4, -0.2) is 37.0 Å². The zero-order chi connectivity index (χ0) is 15.2. The largest absolute Gasteiger partial charge is 0.396 e. The molecule has 0 saturated carbocycles. The van der Waals surface area contributed by atoms with E-state index in [4.69, 9.17) is 33.0 Å². The summed E-state index contributed by atoms with van der Waals surface area (Å²) in [7, 11) is 1.53. The summed E-state index contributed by atoms with van der Waals surface area (Å²) in [5.74, 6) is 0. The van der Waals surface area contributed by atoms with E-state index < -0.39 is 11.6 Å². The molecule has 0 aliphatic carbocycles. The van der Waals surface area contributed by atoms with E-state index in [0.717, 1.165) is 0 Å². The molecular weight excluding hydrogens is 303 g/mol. The van der Waals surface area contributed by atoms with E-state index >= 15 is 0 Å². The number of aliphatic hydroxyl groups excluding tert-OH is 1. The fourth-order valence-corrected chi connectivity index (χ4v) is 2.32. The number of carbonyl (C=O) groups is 1. The number of methoxy groups -OCH3 is 1. The lowest BCUT2D eigenvalue weighted by atomic mass is 10.00. The normalized spacial score (nSPS) is 13.7. The minimum absolute atomic E-state index is 0.0524. The number of nitrogens with one attached hydrogen (secondary N) is 2. The molecule has 0 spiro atoms. The number of ether oxygens (including phenoxy) is 1. The zero-order valence-electron chi connectivity index (χ0n) is 11.4. The Morgan fingerprint density at radius 1 is 1.35 bits per heavy atom. The first-order chi connectivity index (χ1) is 9.38. The van der Waals surface area contributed by atoms with Crippen molar-refractivity contribution in [1.82, 2.24) is 5.32 Å². The van der Waals surface area contributed by atoms with Crippen LogP contribution in [0.25, 0.3) is 0 Å². The quantitative estimate of drug-likeness (QED) is 0.754. The predicted octanol–water partition coefficient (Wildman–Crippen LogP) is 2.90. The van der Waals surface area contributed by atoms with Gasteiger partial charge in [0, 0.05) is 29.4 Å². The molecule has 0 fully saturated rings. The maximum atomic E-state index is 12.0. The van der Waals surface area contributed by atoms with Crippen LogP contribution in [0.5, 0.6) is 0 Å². The van der Waals surface area contributed by atoms with Gasteiger partial charge in [-0.25, -0.2) is 4.79 Å². The lowest BCUT2D eigenvalue weighted by Gasteiger charge is -2.29. The fraction of sp³-hybridized carbons (Fsp3) is 0.462. The van der Waals surface area contributed by atoms with Crippen molar-refractivity contribution in [3.63, 3.8) is 0 Å². The highest BCUT2D eigenvalue weighted by atomic mass is 35.5. The van der Waals surface area contributed by atoms with Gasteiger partial charge in [0.25, 0.3) is 0 Å². The lowest BCUT2D eigenvalue weighted by Crippen LogP contribution is -2.51. The molecule has 112 valence electrons. The highest BCUT2D eigenvalue weighted by Gasteiger charge is 2.25. The number of carbonyl (C=O) groups excluding carboxylic acids is 1. The van der Waals surface area contributed by atoms with Gasteiger partial charge in [-0.15, -0.1) is 0 Å². The molecule has 5 nitrogen and oxygen atoms in total. The molecular formula is C13H18Cl2N2O3. The van der Waals surface area contributed by atoms with E-state index in [1.807, 2.05) is 0 Å². The molecule has 2 amide bonds. The Balaban J connectivity index is 2.70. The molecule has 1 aromatic carbocycles. The SMILES string of the molecule is COCC(C)(CCO)NC(=O)Nc1cc(Cl)cc(Cl)c1. The molecule has 1 aromatic rings. The van der Waals surface area contributed by atoms with Gasteiger partial charge in [-0.3, -0.25) is 0 Å². The van der Waals surface area contributed by atoms with Gasteiger partial charge in [-0.05, 0) is 31.5 Å². The second-order valence-electron chi connectivity index (χ2n) is 4.70. The van der Waals surface area contributed by atoms with Crippen molar-refractivity contribution in [2.24, 2.45) is 0 Å². The summed E-state index contributed by atoms with van der Waals surface area (Å²) in [4.78, 5) is 12.0. The van der Waals surface area contributed by atoms with E-state index in [-0.39, 0.29) is 13.2 Å². The third-order valence-electron chi connectivity index (χ3n) is 2.66. The monoisotopic (exact) mass is 320 g/mol.